The molecule has 0 aliphatic heterocycles. The van der Waals surface area contributed by atoms with Gasteiger partial charge in [-0.25, -0.2) is 9.37 Å². The van der Waals surface area contributed by atoms with Crippen LogP contribution in [0.25, 0.3) is 17.1 Å². The summed E-state index contributed by atoms with van der Waals surface area (Å²) >= 11 is 3.36. The lowest BCUT2D eigenvalue weighted by Crippen LogP contribution is -2.23. The standard InChI is InChI=1S/C27H26BrFN4O3/c1-15-8-9-23(27(4,5)35)32-25(15)19-12-21(16(2)13-31-19)33-17(3)11-22(24(28)26(33)34)36-14-20-18(29)7-6-10-30-20/h6-13,35H,14H2,1-5H3. The van der Waals surface area contributed by atoms with E-state index in [0.717, 1.165) is 11.1 Å². The molecule has 36 heavy (non-hydrogen) atoms. The maximum Gasteiger partial charge on any atom is 0.273 e. The van der Waals surface area contributed by atoms with Crippen LogP contribution in [0.1, 0.15) is 42.1 Å². The van der Waals surface area contributed by atoms with Crippen LogP contribution in [0.15, 0.2) is 58.1 Å². The van der Waals surface area contributed by atoms with Crippen molar-refractivity contribution in [1.82, 2.24) is 19.5 Å². The first-order valence-corrected chi connectivity index (χ1v) is 12.1. The van der Waals surface area contributed by atoms with Gasteiger partial charge in [-0.3, -0.25) is 19.3 Å². The van der Waals surface area contributed by atoms with Crippen LogP contribution in [0, 0.1) is 26.6 Å². The molecule has 0 aliphatic carbocycles. The smallest absolute Gasteiger partial charge is 0.273 e. The summed E-state index contributed by atoms with van der Waals surface area (Å²) in [6, 6.07) is 10.0. The van der Waals surface area contributed by atoms with Crippen LogP contribution >= 0.6 is 15.9 Å². The zero-order valence-corrected chi connectivity index (χ0v) is 22.2. The highest BCUT2D eigenvalue weighted by atomic mass is 79.9. The average molecular weight is 553 g/mol. The van der Waals surface area contributed by atoms with Gasteiger partial charge in [-0.2, -0.15) is 0 Å². The van der Waals surface area contributed by atoms with Gasteiger partial charge in [-0.1, -0.05) is 6.07 Å². The second-order valence-electron chi connectivity index (χ2n) is 9.10. The highest BCUT2D eigenvalue weighted by Crippen LogP contribution is 2.29. The maximum atomic E-state index is 13.9. The molecule has 0 atom stereocenters. The van der Waals surface area contributed by atoms with Crippen LogP contribution < -0.4 is 10.3 Å². The predicted molar refractivity (Wildman–Crippen MR) is 139 cm³/mol. The fraction of sp³-hybridized carbons (Fsp3) is 0.259. The highest BCUT2D eigenvalue weighted by molar-refractivity contribution is 9.10. The molecule has 186 valence electrons. The van der Waals surface area contributed by atoms with Crippen molar-refractivity contribution < 1.29 is 14.2 Å². The summed E-state index contributed by atoms with van der Waals surface area (Å²) < 4.78 is 21.4. The molecule has 7 nitrogen and oxygen atoms in total. The van der Waals surface area contributed by atoms with E-state index >= 15 is 0 Å². The minimum absolute atomic E-state index is 0.116. The first kappa shape index (κ1) is 25.7. The van der Waals surface area contributed by atoms with E-state index in [0.29, 0.717) is 34.2 Å². The number of hydrogen-bond donors (Lipinski definition) is 1. The van der Waals surface area contributed by atoms with E-state index in [4.69, 9.17) is 4.74 Å². The van der Waals surface area contributed by atoms with Gasteiger partial charge in [-0.05, 0) is 85.9 Å². The van der Waals surface area contributed by atoms with Gasteiger partial charge in [-0.15, -0.1) is 0 Å². The number of aryl methyl sites for hydroxylation is 3. The third kappa shape index (κ3) is 5.08. The maximum absolute atomic E-state index is 13.9. The summed E-state index contributed by atoms with van der Waals surface area (Å²) in [6.45, 7) is 8.81. The van der Waals surface area contributed by atoms with Gasteiger partial charge in [0.15, 0.2) is 0 Å². The Balaban J connectivity index is 1.76. The molecule has 0 unspecified atom stereocenters. The molecule has 9 heteroatoms. The van der Waals surface area contributed by atoms with Crippen LogP contribution in [-0.4, -0.2) is 24.6 Å². The fourth-order valence-corrected chi connectivity index (χ4v) is 4.18. The predicted octanol–water partition coefficient (Wildman–Crippen LogP) is 5.32. The Labute approximate surface area is 216 Å². The summed E-state index contributed by atoms with van der Waals surface area (Å²) in [4.78, 5) is 26.6. The lowest BCUT2D eigenvalue weighted by molar-refractivity contribution is 0.0739. The lowest BCUT2D eigenvalue weighted by atomic mass is 10.0. The number of pyridine rings is 4. The molecule has 0 saturated heterocycles. The monoisotopic (exact) mass is 552 g/mol. The number of nitrogens with zero attached hydrogens (tertiary/aromatic N) is 4. The summed E-state index contributed by atoms with van der Waals surface area (Å²) in [5, 5.41) is 10.4. The highest BCUT2D eigenvalue weighted by Gasteiger charge is 2.21. The van der Waals surface area contributed by atoms with Gasteiger partial charge in [0.25, 0.3) is 5.56 Å². The minimum Gasteiger partial charge on any atom is -0.486 e. The van der Waals surface area contributed by atoms with E-state index < -0.39 is 11.4 Å². The summed E-state index contributed by atoms with van der Waals surface area (Å²) in [7, 11) is 0. The van der Waals surface area contributed by atoms with E-state index in [1.165, 1.54) is 18.3 Å². The van der Waals surface area contributed by atoms with Crippen molar-refractivity contribution in [3.8, 4) is 22.8 Å². The number of aliphatic hydroxyl groups is 1. The first-order valence-electron chi connectivity index (χ1n) is 11.3. The van der Waals surface area contributed by atoms with Crippen molar-refractivity contribution in [1.29, 1.82) is 0 Å². The normalized spacial score (nSPS) is 11.6. The van der Waals surface area contributed by atoms with Crippen LogP contribution in [0.3, 0.4) is 0 Å². The van der Waals surface area contributed by atoms with Crippen molar-refractivity contribution in [2.45, 2.75) is 46.8 Å². The molecule has 0 saturated carbocycles. The molecule has 0 aromatic carbocycles. The van der Waals surface area contributed by atoms with Crippen molar-refractivity contribution in [3.05, 3.63) is 97.6 Å². The van der Waals surface area contributed by atoms with Gasteiger partial charge in [0.2, 0.25) is 0 Å². The van der Waals surface area contributed by atoms with Crippen LogP contribution in [0.4, 0.5) is 4.39 Å². The molecule has 4 heterocycles. The Kier molecular flexibility index (Phi) is 7.06. The van der Waals surface area contributed by atoms with Gasteiger partial charge in [0, 0.05) is 24.2 Å². The Morgan fingerprint density at radius 1 is 1.11 bits per heavy atom. The molecule has 1 N–H and O–H groups in total. The number of ether oxygens (including phenoxy) is 1. The van der Waals surface area contributed by atoms with Gasteiger partial charge < -0.3 is 9.84 Å². The first-order chi connectivity index (χ1) is 17.0. The second-order valence-corrected chi connectivity index (χ2v) is 9.90. The third-order valence-corrected chi connectivity index (χ3v) is 6.51. The molecule has 0 radical (unpaired) electrons. The zero-order chi connectivity index (χ0) is 26.2. The van der Waals surface area contributed by atoms with Crippen LogP contribution in [0.2, 0.25) is 0 Å². The zero-order valence-electron chi connectivity index (χ0n) is 20.6. The van der Waals surface area contributed by atoms with Crippen molar-refractivity contribution in [3.63, 3.8) is 0 Å². The summed E-state index contributed by atoms with van der Waals surface area (Å²) in [5.74, 6) is -0.183. The van der Waals surface area contributed by atoms with E-state index in [2.05, 4.69) is 30.9 Å². The van der Waals surface area contributed by atoms with E-state index in [-0.39, 0.29) is 22.3 Å². The van der Waals surface area contributed by atoms with Crippen molar-refractivity contribution in [2.75, 3.05) is 0 Å². The van der Waals surface area contributed by atoms with Gasteiger partial charge in [0.05, 0.1) is 22.8 Å². The molecule has 0 bridgehead atoms. The van der Waals surface area contributed by atoms with Gasteiger partial charge >= 0.3 is 0 Å². The number of halogens is 2. The molecule has 0 spiro atoms. The molecule has 0 fully saturated rings. The molecule has 0 amide bonds. The molecule has 4 aromatic heterocycles. The molecule has 4 aromatic rings. The topological polar surface area (TPSA) is 90.1 Å². The van der Waals surface area contributed by atoms with E-state index in [1.54, 1.807) is 43.7 Å². The number of aromatic nitrogens is 4. The Hall–Kier alpha value is -3.43. The molecular formula is C27H26BrFN4O3. The molecule has 0 aliphatic rings. The number of hydrogen-bond acceptors (Lipinski definition) is 6. The third-order valence-electron chi connectivity index (χ3n) is 5.78. The largest absolute Gasteiger partial charge is 0.486 e. The Bertz CT molecular complexity index is 1510. The van der Waals surface area contributed by atoms with Crippen molar-refractivity contribution in [2.24, 2.45) is 0 Å². The SMILES string of the molecule is Cc1cnc(-c2nc(C(C)(C)O)ccc2C)cc1-n1c(C)cc(OCc2ncccc2F)c(Br)c1=O. The van der Waals surface area contributed by atoms with Crippen LogP contribution in [-0.2, 0) is 12.2 Å². The van der Waals surface area contributed by atoms with Gasteiger partial charge in [0.1, 0.15) is 33.9 Å². The lowest BCUT2D eigenvalue weighted by Gasteiger charge is -2.19. The Morgan fingerprint density at radius 3 is 2.56 bits per heavy atom. The minimum atomic E-state index is -1.11. The molecule has 4 rings (SSSR count). The summed E-state index contributed by atoms with van der Waals surface area (Å²) in [6.07, 6.45) is 3.17. The summed E-state index contributed by atoms with van der Waals surface area (Å²) in [5.41, 5.74) is 3.37. The van der Waals surface area contributed by atoms with E-state index in [9.17, 15) is 14.3 Å². The van der Waals surface area contributed by atoms with E-state index in [1.807, 2.05) is 26.0 Å². The fourth-order valence-electron chi connectivity index (χ4n) is 3.77. The van der Waals surface area contributed by atoms with Crippen molar-refractivity contribution >= 4 is 15.9 Å². The second kappa shape index (κ2) is 9.91. The number of rotatable bonds is 6. The molecular weight excluding hydrogens is 527 g/mol. The Morgan fingerprint density at radius 2 is 1.86 bits per heavy atom. The average Bonchev–Trinajstić information content (AvgIpc) is 2.82. The quantitative estimate of drug-likeness (QED) is 0.348. The van der Waals surface area contributed by atoms with Crippen LogP contribution in [0.5, 0.6) is 5.75 Å².